The van der Waals surface area contributed by atoms with Crippen molar-refractivity contribution in [1.82, 2.24) is 0 Å². The zero-order valence-electron chi connectivity index (χ0n) is 4.92. The van der Waals surface area contributed by atoms with Gasteiger partial charge in [-0.05, 0) is 0 Å². The second-order valence-electron chi connectivity index (χ2n) is 0.316. The van der Waals surface area contributed by atoms with Crippen LogP contribution in [0, 0.1) is 0 Å². The van der Waals surface area contributed by atoms with Crippen molar-refractivity contribution in [3.8, 4) is 0 Å². The molecule has 0 unspecified atom stereocenters. The van der Waals surface area contributed by atoms with E-state index in [2.05, 4.69) is 0 Å². The second-order valence-corrected chi connectivity index (χ2v) is 0.316. The summed E-state index contributed by atoms with van der Waals surface area (Å²) in [5.74, 6) is 0. The molecule has 0 aliphatic heterocycles. The number of hydrogen-bond donors (Lipinski definition) is 3. The van der Waals surface area contributed by atoms with Crippen LogP contribution in [-0.2, 0) is 47.9 Å². The van der Waals surface area contributed by atoms with Gasteiger partial charge in [0, 0.05) is 33.6 Å². The molecule has 0 bridgehead atoms. The fourth-order valence-electron chi connectivity index (χ4n) is 0. The normalized spacial score (nSPS) is 3.27. The van der Waals surface area contributed by atoms with E-state index in [4.69, 9.17) is 29.7 Å². The third-order valence-corrected chi connectivity index (χ3v) is 0. The molecular weight excluding hydrogens is 254 g/mol. The van der Waals surface area contributed by atoms with Gasteiger partial charge >= 0.3 is 0 Å². The molecule has 3 N–H and O–H groups in total. The molecule has 0 amide bonds. The summed E-state index contributed by atoms with van der Waals surface area (Å²) in [5, 5.41) is 20.7. The summed E-state index contributed by atoms with van der Waals surface area (Å²) < 4.78 is 0. The van der Waals surface area contributed by atoms with E-state index < -0.39 is 0 Å². The van der Waals surface area contributed by atoms with Crippen molar-refractivity contribution in [1.29, 1.82) is 0 Å². The van der Waals surface area contributed by atoms with Crippen molar-refractivity contribution >= 4 is 19.4 Å². The summed E-state index contributed by atoms with van der Waals surface area (Å²) in [6.45, 7) is -0.750. The SMILES string of the molecule is O=CO.O=CO.O=CO.[Cu].[Ni]. The van der Waals surface area contributed by atoms with Crippen LogP contribution in [0.4, 0.5) is 0 Å². The minimum absolute atomic E-state index is 0. The van der Waals surface area contributed by atoms with Crippen LogP contribution in [0.5, 0.6) is 0 Å². The second kappa shape index (κ2) is 114. The molecule has 0 rings (SSSR count). The van der Waals surface area contributed by atoms with Crippen molar-refractivity contribution in [2.45, 2.75) is 0 Å². The van der Waals surface area contributed by atoms with E-state index in [0.717, 1.165) is 0 Å². The van der Waals surface area contributed by atoms with Gasteiger partial charge in [0.2, 0.25) is 0 Å². The third kappa shape index (κ3) is 1560. The monoisotopic (exact) mass is 259 g/mol. The average molecular weight is 260 g/mol. The maximum atomic E-state index is 8.36. The molecule has 1 radical (unpaired) electrons. The molecule has 75 valence electrons. The first kappa shape index (κ1) is 31.5. The molecule has 11 heavy (non-hydrogen) atoms. The summed E-state index contributed by atoms with van der Waals surface area (Å²) >= 11 is 0. The van der Waals surface area contributed by atoms with Gasteiger partial charge in [0.05, 0.1) is 0 Å². The average Bonchev–Trinajstić information content (AvgIpc) is 1.70. The van der Waals surface area contributed by atoms with Gasteiger partial charge in [0.15, 0.2) is 0 Å². The molecule has 0 aliphatic rings. The van der Waals surface area contributed by atoms with E-state index >= 15 is 0 Å². The largest absolute Gasteiger partial charge is 0.483 e. The molecule has 0 aromatic heterocycles. The Hall–Kier alpha value is -0.577. The topological polar surface area (TPSA) is 112 Å². The molecule has 0 aromatic carbocycles. The number of rotatable bonds is 0. The molecule has 6 nitrogen and oxygen atoms in total. The van der Waals surface area contributed by atoms with Gasteiger partial charge in [-0.15, -0.1) is 0 Å². The van der Waals surface area contributed by atoms with Crippen LogP contribution in [-0.4, -0.2) is 34.7 Å². The smallest absolute Gasteiger partial charge is 0.290 e. The summed E-state index contributed by atoms with van der Waals surface area (Å²) in [4.78, 5) is 25.1. The van der Waals surface area contributed by atoms with Crippen LogP contribution in [0.3, 0.4) is 0 Å². The Bertz CT molecular complexity index is 54.6. The maximum Gasteiger partial charge on any atom is 0.290 e. The predicted molar refractivity (Wildman–Crippen MR) is 26.1 cm³/mol. The van der Waals surface area contributed by atoms with Crippen LogP contribution in [0.15, 0.2) is 0 Å². The van der Waals surface area contributed by atoms with Crippen molar-refractivity contribution in [3.05, 3.63) is 0 Å². The van der Waals surface area contributed by atoms with Crippen molar-refractivity contribution in [3.63, 3.8) is 0 Å². The Kier molecular flexibility index (Phi) is 326. The van der Waals surface area contributed by atoms with Gasteiger partial charge in [-0.3, -0.25) is 14.4 Å². The van der Waals surface area contributed by atoms with Crippen LogP contribution in [0.2, 0.25) is 0 Å². The van der Waals surface area contributed by atoms with Crippen LogP contribution >= 0.6 is 0 Å². The summed E-state index contributed by atoms with van der Waals surface area (Å²) in [6, 6.07) is 0. The standard InChI is InChI=1S/3CH2O2.Cu.Ni/c3*2-1-3;;/h3*1H,(H,2,3);;. The molecule has 0 fully saturated rings. The van der Waals surface area contributed by atoms with Crippen molar-refractivity contribution < 1.29 is 63.3 Å². The van der Waals surface area contributed by atoms with E-state index in [9.17, 15) is 0 Å². The first-order valence-electron chi connectivity index (χ1n) is 1.48. The fraction of sp³-hybridized carbons (Fsp3) is 0. The van der Waals surface area contributed by atoms with Gasteiger partial charge in [-0.2, -0.15) is 0 Å². The molecule has 0 aliphatic carbocycles. The zero-order chi connectivity index (χ0) is 8.12. The molecule has 0 saturated carbocycles. The first-order valence-corrected chi connectivity index (χ1v) is 1.48. The molecule has 0 saturated heterocycles. The van der Waals surface area contributed by atoms with Crippen LogP contribution in [0.25, 0.3) is 0 Å². The first-order chi connectivity index (χ1) is 4.24. The molecular formula is C3H6CuNiO6. The maximum absolute atomic E-state index is 8.36. The van der Waals surface area contributed by atoms with E-state index in [-0.39, 0.29) is 53.0 Å². The zero-order valence-corrected chi connectivity index (χ0v) is 6.85. The Balaban J connectivity index is -0.0000000150. The summed E-state index contributed by atoms with van der Waals surface area (Å²) in [6.07, 6.45) is 0. The van der Waals surface area contributed by atoms with E-state index in [1.54, 1.807) is 0 Å². The molecule has 0 heterocycles. The Morgan fingerprint density at radius 1 is 0.727 bits per heavy atom. The van der Waals surface area contributed by atoms with Gasteiger partial charge in [-0.1, -0.05) is 0 Å². The van der Waals surface area contributed by atoms with Crippen LogP contribution < -0.4 is 0 Å². The van der Waals surface area contributed by atoms with Crippen LogP contribution in [0.1, 0.15) is 0 Å². The van der Waals surface area contributed by atoms with Gasteiger partial charge < -0.3 is 15.3 Å². The molecule has 0 aromatic rings. The van der Waals surface area contributed by atoms with Gasteiger partial charge in [0.25, 0.3) is 19.4 Å². The number of carbonyl (C=O) groups is 3. The Morgan fingerprint density at radius 2 is 0.727 bits per heavy atom. The minimum atomic E-state index is -0.250. The predicted octanol–water partition coefficient (Wildman–Crippen LogP) is -0.903. The summed E-state index contributed by atoms with van der Waals surface area (Å²) in [7, 11) is 0. The Morgan fingerprint density at radius 3 is 0.727 bits per heavy atom. The molecule has 8 heteroatoms. The number of carboxylic acid groups (broad SMARTS) is 3. The van der Waals surface area contributed by atoms with E-state index in [0.29, 0.717) is 0 Å². The van der Waals surface area contributed by atoms with E-state index in [1.807, 2.05) is 0 Å². The quantitative estimate of drug-likeness (QED) is 0.384. The Labute approximate surface area is 83.0 Å². The fourth-order valence-corrected chi connectivity index (χ4v) is 0. The third-order valence-electron chi connectivity index (χ3n) is 0. The van der Waals surface area contributed by atoms with Gasteiger partial charge in [0.1, 0.15) is 0 Å². The van der Waals surface area contributed by atoms with Crippen molar-refractivity contribution in [2.75, 3.05) is 0 Å². The summed E-state index contributed by atoms with van der Waals surface area (Å²) in [5.41, 5.74) is 0. The molecule has 0 spiro atoms. The van der Waals surface area contributed by atoms with E-state index in [1.165, 1.54) is 0 Å². The van der Waals surface area contributed by atoms with Crippen molar-refractivity contribution in [2.24, 2.45) is 0 Å². The minimum Gasteiger partial charge on any atom is -0.483 e. The van der Waals surface area contributed by atoms with Gasteiger partial charge in [-0.25, -0.2) is 0 Å². The molecule has 0 atom stereocenters. The number of hydrogen-bond acceptors (Lipinski definition) is 3.